The zero-order chi connectivity index (χ0) is 14.1. The summed E-state index contributed by atoms with van der Waals surface area (Å²) in [5, 5.41) is 10.4. The smallest absolute Gasteiger partial charge is 1.00 e. The number of aromatic hydroxyl groups is 1. The quantitative estimate of drug-likeness (QED) is 0.695. The molecule has 110 valence electrons. The van der Waals surface area contributed by atoms with E-state index in [4.69, 9.17) is 0 Å². The Kier molecular flexibility index (Phi) is 12.6. The first-order chi connectivity index (χ1) is 9.22. The van der Waals surface area contributed by atoms with Crippen LogP contribution in [0.15, 0.2) is 12.1 Å². The normalized spacial score (nSPS) is 10.3. The molecule has 0 saturated carbocycles. The van der Waals surface area contributed by atoms with E-state index in [1.807, 2.05) is 0 Å². The van der Waals surface area contributed by atoms with Crippen LogP contribution in [-0.4, -0.2) is 5.11 Å². The van der Waals surface area contributed by atoms with Crippen molar-refractivity contribution in [2.24, 2.45) is 0 Å². The van der Waals surface area contributed by atoms with E-state index in [2.05, 4.69) is 32.9 Å². The van der Waals surface area contributed by atoms with E-state index in [1.165, 1.54) is 42.4 Å². The minimum Gasteiger partial charge on any atom is -1.00 e. The first-order valence-corrected chi connectivity index (χ1v) is 8.06. The molecule has 0 amide bonds. The maximum atomic E-state index is 10.4. The van der Waals surface area contributed by atoms with Crippen molar-refractivity contribution in [3.05, 3.63) is 28.8 Å². The molecule has 0 fully saturated rings. The minimum absolute atomic E-state index is 0. The fraction of sp³-hybridized carbons (Fsp3) is 0.667. The van der Waals surface area contributed by atoms with Gasteiger partial charge in [0.2, 0.25) is 0 Å². The van der Waals surface area contributed by atoms with Crippen LogP contribution in [0.25, 0.3) is 0 Å². The van der Waals surface area contributed by atoms with Gasteiger partial charge in [0.25, 0.3) is 0 Å². The molecule has 0 radical (unpaired) electrons. The molecule has 2 heteroatoms. The van der Waals surface area contributed by atoms with E-state index in [0.29, 0.717) is 5.75 Å². The van der Waals surface area contributed by atoms with Crippen LogP contribution in [0.4, 0.5) is 0 Å². The second-order valence-electron chi connectivity index (χ2n) is 5.57. The van der Waals surface area contributed by atoms with E-state index in [9.17, 15) is 5.11 Å². The summed E-state index contributed by atoms with van der Waals surface area (Å²) < 4.78 is 0. The fourth-order valence-corrected chi connectivity index (χ4v) is 2.47. The maximum Gasteiger partial charge on any atom is 1.00 e. The number of phenolic OH excluding ortho intramolecular Hbond substituents is 1. The third-order valence-corrected chi connectivity index (χ3v) is 3.75. The van der Waals surface area contributed by atoms with Gasteiger partial charge in [-0.15, -0.1) is 0 Å². The summed E-state index contributed by atoms with van der Waals surface area (Å²) in [7, 11) is 0. The summed E-state index contributed by atoms with van der Waals surface area (Å²) >= 11 is 0. The molecule has 0 heterocycles. The molecule has 0 aliphatic carbocycles. The summed E-state index contributed by atoms with van der Waals surface area (Å²) in [4.78, 5) is 0. The van der Waals surface area contributed by atoms with Gasteiger partial charge in [-0.3, -0.25) is 0 Å². The fourth-order valence-electron chi connectivity index (χ4n) is 2.47. The van der Waals surface area contributed by atoms with Gasteiger partial charge in [-0.2, -0.15) is 0 Å². The van der Waals surface area contributed by atoms with Crippen LogP contribution in [0.2, 0.25) is 0 Å². The largest absolute Gasteiger partial charge is 1.00 e. The Bertz CT molecular complexity index is 350. The average Bonchev–Trinajstić information content (AvgIpc) is 2.43. The molecule has 1 aromatic carbocycles. The molecular formula is C18H31KO. The zero-order valence-electron chi connectivity index (χ0n) is 15.0. The van der Waals surface area contributed by atoms with E-state index < -0.39 is 0 Å². The molecule has 1 N–H and O–H groups in total. The van der Waals surface area contributed by atoms with Crippen molar-refractivity contribution in [1.29, 1.82) is 0 Å². The molecule has 0 aliphatic heterocycles. The van der Waals surface area contributed by atoms with Crippen molar-refractivity contribution in [2.75, 3.05) is 0 Å². The Morgan fingerprint density at radius 1 is 0.800 bits per heavy atom. The predicted molar refractivity (Wildman–Crippen MR) is 85.1 cm³/mol. The van der Waals surface area contributed by atoms with Crippen LogP contribution < -0.4 is 51.4 Å². The molecule has 0 unspecified atom stereocenters. The van der Waals surface area contributed by atoms with Crippen LogP contribution in [0.1, 0.15) is 77.4 Å². The van der Waals surface area contributed by atoms with Gasteiger partial charge in [0.1, 0.15) is 5.75 Å². The van der Waals surface area contributed by atoms with Gasteiger partial charge in [0.15, 0.2) is 0 Å². The van der Waals surface area contributed by atoms with E-state index in [1.54, 1.807) is 0 Å². The molecule has 1 nitrogen and oxygen atoms in total. The SMILES string of the molecule is CCCCc1cc(CCCC)c(O)c(CCCC)c1.[H-].[K+]. The molecule has 0 aromatic heterocycles. The monoisotopic (exact) mass is 302 g/mol. The number of rotatable bonds is 9. The second kappa shape index (κ2) is 12.2. The van der Waals surface area contributed by atoms with Crippen LogP contribution >= 0.6 is 0 Å². The Hall–Kier alpha value is 0.656. The van der Waals surface area contributed by atoms with Crippen molar-refractivity contribution < 1.29 is 57.9 Å². The van der Waals surface area contributed by atoms with Gasteiger partial charge in [-0.05, 0) is 55.2 Å². The molecule has 1 aromatic rings. The van der Waals surface area contributed by atoms with Crippen LogP contribution in [0.5, 0.6) is 5.75 Å². The molecule has 20 heavy (non-hydrogen) atoms. The number of benzene rings is 1. The van der Waals surface area contributed by atoms with Gasteiger partial charge in [-0.25, -0.2) is 0 Å². The van der Waals surface area contributed by atoms with Gasteiger partial charge >= 0.3 is 51.4 Å². The summed E-state index contributed by atoms with van der Waals surface area (Å²) in [6.07, 6.45) is 10.3. The molecule has 0 saturated heterocycles. The van der Waals surface area contributed by atoms with E-state index >= 15 is 0 Å². The second-order valence-corrected chi connectivity index (χ2v) is 5.57. The summed E-state index contributed by atoms with van der Waals surface area (Å²) in [6.45, 7) is 6.64. The third kappa shape index (κ3) is 7.08. The molecule has 0 aliphatic rings. The number of hydrogen-bond donors (Lipinski definition) is 1. The zero-order valence-corrected chi connectivity index (χ0v) is 17.1. The van der Waals surface area contributed by atoms with Gasteiger partial charge in [0, 0.05) is 0 Å². The number of unbranched alkanes of at least 4 members (excludes halogenated alkanes) is 3. The van der Waals surface area contributed by atoms with E-state index in [0.717, 1.165) is 32.1 Å². The summed E-state index contributed by atoms with van der Waals surface area (Å²) in [6, 6.07) is 4.46. The summed E-state index contributed by atoms with van der Waals surface area (Å²) in [5.74, 6) is 0.571. The number of aryl methyl sites for hydroxylation is 3. The standard InChI is InChI=1S/C18H30O.K.H/c1-4-7-10-15-13-16(11-8-5-2)18(19)17(14-15)12-9-6-3;;/h13-14,19H,4-12H2,1-3H3;;/q;+1;-1. The molecule has 1 rings (SSSR count). The van der Waals surface area contributed by atoms with Crippen molar-refractivity contribution >= 4 is 0 Å². The first kappa shape index (κ1) is 20.7. The van der Waals surface area contributed by atoms with Gasteiger partial charge in [-0.1, -0.05) is 52.2 Å². The van der Waals surface area contributed by atoms with Gasteiger partial charge in [0.05, 0.1) is 0 Å². The van der Waals surface area contributed by atoms with Crippen LogP contribution in [-0.2, 0) is 19.3 Å². The number of phenols is 1. The molecule has 0 spiro atoms. The Morgan fingerprint density at radius 3 is 1.60 bits per heavy atom. The van der Waals surface area contributed by atoms with Crippen molar-refractivity contribution in [1.82, 2.24) is 0 Å². The molecule has 0 atom stereocenters. The van der Waals surface area contributed by atoms with E-state index in [-0.39, 0.29) is 52.8 Å². The van der Waals surface area contributed by atoms with Crippen molar-refractivity contribution in [3.8, 4) is 5.75 Å². The minimum atomic E-state index is 0. The predicted octanol–water partition coefficient (Wildman–Crippen LogP) is 2.54. The number of hydrogen-bond acceptors (Lipinski definition) is 1. The van der Waals surface area contributed by atoms with Gasteiger partial charge < -0.3 is 6.53 Å². The van der Waals surface area contributed by atoms with Crippen molar-refractivity contribution in [2.45, 2.75) is 78.6 Å². The average molecular weight is 303 g/mol. The molecular weight excluding hydrogens is 271 g/mol. The van der Waals surface area contributed by atoms with Crippen molar-refractivity contribution in [3.63, 3.8) is 0 Å². The first-order valence-electron chi connectivity index (χ1n) is 8.06. The Morgan fingerprint density at radius 2 is 1.20 bits per heavy atom. The maximum absolute atomic E-state index is 10.4. The van der Waals surface area contributed by atoms with Crippen LogP contribution in [0.3, 0.4) is 0 Å². The van der Waals surface area contributed by atoms with Crippen LogP contribution in [0, 0.1) is 0 Å². The topological polar surface area (TPSA) is 20.2 Å². The third-order valence-electron chi connectivity index (χ3n) is 3.75. The Labute approximate surface area is 169 Å². The Balaban J connectivity index is 0. The molecule has 0 bridgehead atoms. The summed E-state index contributed by atoms with van der Waals surface area (Å²) in [5.41, 5.74) is 3.75.